The monoisotopic (exact) mass is 479 g/mol. The minimum Gasteiger partial charge on any atom is -0.507 e. The number of hydrogen-bond acceptors (Lipinski definition) is 5. The SMILES string of the molecule is CC(C)(C)c1cc(C(=O)O)c(CCC(=O)O)c(C(C)(C)C)c1O.O=[N+]([O-])c1ccccc1Cl. The molecule has 0 saturated heterocycles. The lowest BCUT2D eigenvalue weighted by molar-refractivity contribution is -0.384. The van der Waals surface area contributed by atoms with Crippen LogP contribution in [-0.2, 0) is 22.0 Å². The quantitative estimate of drug-likeness (QED) is 0.355. The first-order chi connectivity index (χ1) is 15.0. The summed E-state index contributed by atoms with van der Waals surface area (Å²) in [4.78, 5) is 32.3. The summed E-state index contributed by atoms with van der Waals surface area (Å²) in [6, 6.07) is 7.55. The number of aliphatic carboxylic acids is 1. The molecule has 0 spiro atoms. The first kappa shape index (κ1) is 27.9. The molecule has 3 N–H and O–H groups in total. The molecule has 0 radical (unpaired) electrons. The summed E-state index contributed by atoms with van der Waals surface area (Å²) in [7, 11) is 0. The van der Waals surface area contributed by atoms with Crippen LogP contribution in [0.3, 0.4) is 0 Å². The number of nitrogens with zero attached hydrogens (tertiary/aromatic N) is 1. The third-order valence-corrected chi connectivity index (χ3v) is 5.15. The van der Waals surface area contributed by atoms with Crippen molar-refractivity contribution in [3.63, 3.8) is 0 Å². The van der Waals surface area contributed by atoms with Gasteiger partial charge in [0.1, 0.15) is 10.8 Å². The van der Waals surface area contributed by atoms with E-state index in [4.69, 9.17) is 16.7 Å². The zero-order valence-electron chi connectivity index (χ0n) is 19.6. The fraction of sp³-hybridized carbons (Fsp3) is 0.417. The summed E-state index contributed by atoms with van der Waals surface area (Å²) in [5.74, 6) is -2.04. The summed E-state index contributed by atoms with van der Waals surface area (Å²) in [5.41, 5.74) is 0.548. The summed E-state index contributed by atoms with van der Waals surface area (Å²) in [6.45, 7) is 11.3. The predicted octanol–water partition coefficient (Wildman–Crippen LogP) is 5.95. The Bertz CT molecular complexity index is 1050. The first-order valence-electron chi connectivity index (χ1n) is 10.2. The Morgan fingerprint density at radius 3 is 1.94 bits per heavy atom. The molecule has 2 aromatic rings. The van der Waals surface area contributed by atoms with E-state index in [2.05, 4.69) is 0 Å². The zero-order chi connectivity index (χ0) is 25.7. The molecular formula is C24H30ClNO7. The summed E-state index contributed by atoms with van der Waals surface area (Å²) < 4.78 is 0. The summed E-state index contributed by atoms with van der Waals surface area (Å²) in [5, 5.41) is 39.6. The fourth-order valence-corrected chi connectivity index (χ4v) is 3.58. The molecule has 2 rings (SSSR count). The number of carboxylic acid groups (broad SMARTS) is 2. The van der Waals surface area contributed by atoms with Crippen LogP contribution in [0.15, 0.2) is 30.3 Å². The number of carbonyl (C=O) groups is 2. The maximum absolute atomic E-state index is 11.7. The maximum Gasteiger partial charge on any atom is 0.335 e. The fourth-order valence-electron chi connectivity index (χ4n) is 3.37. The standard InChI is InChI=1S/C18H26O5.C6H4ClNO2/c1-17(2,3)12-9-11(16(22)23)10(7-8-13(19)20)14(15(12)21)18(4,5)6;7-5-3-1-2-4-6(5)8(9)10/h9,21H,7-8H2,1-6H3,(H,19,20)(H,22,23);1-4H. The van der Waals surface area contributed by atoms with Crippen molar-refractivity contribution in [2.45, 2.75) is 65.2 Å². The van der Waals surface area contributed by atoms with Crippen LogP contribution in [0.25, 0.3) is 0 Å². The van der Waals surface area contributed by atoms with Gasteiger partial charge in [-0.3, -0.25) is 14.9 Å². The van der Waals surface area contributed by atoms with Crippen LogP contribution in [0.5, 0.6) is 5.75 Å². The van der Waals surface area contributed by atoms with Crippen LogP contribution in [0.1, 0.15) is 75.0 Å². The molecule has 0 fully saturated rings. The molecule has 0 heterocycles. The van der Waals surface area contributed by atoms with Crippen molar-refractivity contribution in [1.82, 2.24) is 0 Å². The zero-order valence-corrected chi connectivity index (χ0v) is 20.4. The number of rotatable bonds is 5. The van der Waals surface area contributed by atoms with Crippen molar-refractivity contribution in [1.29, 1.82) is 0 Å². The van der Waals surface area contributed by atoms with Crippen LogP contribution in [0, 0.1) is 10.1 Å². The smallest absolute Gasteiger partial charge is 0.335 e. The highest BCUT2D eigenvalue weighted by Gasteiger charge is 2.32. The number of benzene rings is 2. The topological polar surface area (TPSA) is 138 Å². The van der Waals surface area contributed by atoms with E-state index in [1.54, 1.807) is 12.1 Å². The van der Waals surface area contributed by atoms with E-state index in [1.165, 1.54) is 18.2 Å². The number of phenols is 1. The molecule has 8 nitrogen and oxygen atoms in total. The normalized spacial score (nSPS) is 11.4. The number of aromatic hydroxyl groups is 1. The molecule has 0 atom stereocenters. The molecule has 0 unspecified atom stereocenters. The lowest BCUT2D eigenvalue weighted by atomic mass is 9.75. The molecule has 0 amide bonds. The van der Waals surface area contributed by atoms with Gasteiger partial charge < -0.3 is 15.3 Å². The van der Waals surface area contributed by atoms with Crippen LogP contribution in [0.4, 0.5) is 5.69 Å². The molecule has 0 aliphatic heterocycles. The number of nitro benzene ring substituents is 1. The van der Waals surface area contributed by atoms with Crippen LogP contribution in [0.2, 0.25) is 5.02 Å². The second-order valence-electron chi connectivity index (χ2n) is 9.58. The van der Waals surface area contributed by atoms with Crippen LogP contribution < -0.4 is 0 Å². The number of carboxylic acids is 2. The third kappa shape index (κ3) is 7.46. The van der Waals surface area contributed by atoms with Gasteiger partial charge in [0.15, 0.2) is 0 Å². The minimum atomic E-state index is -1.11. The van der Waals surface area contributed by atoms with Crippen molar-refractivity contribution < 1.29 is 29.8 Å². The minimum absolute atomic E-state index is 0.0517. The van der Waals surface area contributed by atoms with Crippen molar-refractivity contribution >= 4 is 29.2 Å². The van der Waals surface area contributed by atoms with E-state index in [9.17, 15) is 29.9 Å². The van der Waals surface area contributed by atoms with E-state index >= 15 is 0 Å². The van der Waals surface area contributed by atoms with Gasteiger partial charge in [0.25, 0.3) is 5.69 Å². The van der Waals surface area contributed by atoms with Gasteiger partial charge in [-0.15, -0.1) is 0 Å². The Morgan fingerprint density at radius 1 is 1.03 bits per heavy atom. The number of phenolic OH excluding ortho intramolecular Hbond substituents is 1. The molecule has 0 aliphatic carbocycles. The third-order valence-electron chi connectivity index (χ3n) is 4.83. The second kappa shape index (κ2) is 10.7. The largest absolute Gasteiger partial charge is 0.507 e. The Kier molecular flexibility index (Phi) is 9.01. The molecule has 180 valence electrons. The average Bonchev–Trinajstić information content (AvgIpc) is 2.64. The lowest BCUT2D eigenvalue weighted by Crippen LogP contribution is -2.22. The Hall–Kier alpha value is -3.13. The number of nitro groups is 1. The van der Waals surface area contributed by atoms with Crippen molar-refractivity contribution in [2.24, 2.45) is 0 Å². The summed E-state index contributed by atoms with van der Waals surface area (Å²) in [6.07, 6.45) is -0.112. The van der Waals surface area contributed by atoms with Crippen molar-refractivity contribution in [3.05, 3.63) is 67.7 Å². The van der Waals surface area contributed by atoms with Gasteiger partial charge in [0, 0.05) is 23.6 Å². The Balaban J connectivity index is 0.000000451. The van der Waals surface area contributed by atoms with E-state index in [0.29, 0.717) is 16.7 Å². The molecule has 0 bridgehead atoms. The van der Waals surface area contributed by atoms with Crippen molar-refractivity contribution in [2.75, 3.05) is 0 Å². The molecule has 0 aromatic heterocycles. The van der Waals surface area contributed by atoms with Crippen LogP contribution in [-0.4, -0.2) is 32.2 Å². The molecular weight excluding hydrogens is 450 g/mol. The van der Waals surface area contributed by atoms with Crippen molar-refractivity contribution in [3.8, 4) is 5.75 Å². The highest BCUT2D eigenvalue weighted by Crippen LogP contribution is 2.43. The van der Waals surface area contributed by atoms with Gasteiger partial charge >= 0.3 is 11.9 Å². The van der Waals surface area contributed by atoms with E-state index < -0.39 is 27.7 Å². The lowest BCUT2D eigenvalue weighted by Gasteiger charge is -2.30. The van der Waals surface area contributed by atoms with Crippen LogP contribution >= 0.6 is 11.6 Å². The van der Waals surface area contributed by atoms with Gasteiger partial charge in [0.2, 0.25) is 0 Å². The second-order valence-corrected chi connectivity index (χ2v) is 9.99. The number of halogens is 1. The Labute approximate surface area is 198 Å². The molecule has 0 saturated carbocycles. The van der Waals surface area contributed by atoms with Gasteiger partial charge in [-0.05, 0) is 34.9 Å². The number of para-hydroxylation sites is 1. The highest BCUT2D eigenvalue weighted by atomic mass is 35.5. The van der Waals surface area contributed by atoms with E-state index in [-0.39, 0.29) is 34.9 Å². The first-order valence-corrected chi connectivity index (χ1v) is 10.6. The predicted molar refractivity (Wildman–Crippen MR) is 127 cm³/mol. The van der Waals surface area contributed by atoms with E-state index in [1.807, 2.05) is 41.5 Å². The number of aromatic carboxylic acids is 1. The molecule has 9 heteroatoms. The van der Waals surface area contributed by atoms with E-state index in [0.717, 1.165) is 0 Å². The van der Waals surface area contributed by atoms with Gasteiger partial charge in [-0.2, -0.15) is 0 Å². The molecule has 33 heavy (non-hydrogen) atoms. The molecule has 0 aliphatic rings. The Morgan fingerprint density at radius 2 is 1.58 bits per heavy atom. The number of hydrogen-bond donors (Lipinski definition) is 3. The summed E-state index contributed by atoms with van der Waals surface area (Å²) >= 11 is 5.48. The van der Waals surface area contributed by atoms with Gasteiger partial charge in [0.05, 0.1) is 10.5 Å². The maximum atomic E-state index is 11.7. The highest BCUT2D eigenvalue weighted by molar-refractivity contribution is 6.32. The van der Waals surface area contributed by atoms with Gasteiger partial charge in [-0.1, -0.05) is 65.3 Å². The molecule has 2 aromatic carbocycles. The van der Waals surface area contributed by atoms with Gasteiger partial charge in [-0.25, -0.2) is 4.79 Å². The average molecular weight is 480 g/mol.